The number of para-hydroxylation sites is 4. The van der Waals surface area contributed by atoms with Gasteiger partial charge in [0.2, 0.25) is 5.71 Å². The van der Waals surface area contributed by atoms with Crippen LogP contribution in [0.4, 0.5) is 34.1 Å². The van der Waals surface area contributed by atoms with E-state index in [9.17, 15) is 0 Å². The summed E-state index contributed by atoms with van der Waals surface area (Å²) in [6, 6.07) is 60.9. The predicted molar refractivity (Wildman–Crippen MR) is 288 cm³/mol. The van der Waals surface area contributed by atoms with E-state index in [4.69, 9.17) is 8.83 Å². The summed E-state index contributed by atoms with van der Waals surface area (Å²) in [5, 5.41) is 5.69. The fraction of sp³-hybridized carbons (Fsp3) is 0.194. The van der Waals surface area contributed by atoms with Gasteiger partial charge in [-0.15, -0.1) is 0 Å². The average Bonchev–Trinajstić information content (AvgIpc) is 3.99. The number of benzene rings is 8. The molecule has 0 amide bonds. The number of rotatable bonds is 4. The molecule has 0 aliphatic carbocycles. The third-order valence-corrected chi connectivity index (χ3v) is 14.9. The summed E-state index contributed by atoms with van der Waals surface area (Å²) in [5.41, 5.74) is 19.9. The van der Waals surface area contributed by atoms with Crippen LogP contribution in [-0.2, 0) is 16.2 Å². The summed E-state index contributed by atoms with van der Waals surface area (Å²) >= 11 is 0. The first kappa shape index (κ1) is 40.8. The zero-order chi connectivity index (χ0) is 46.6. The van der Waals surface area contributed by atoms with E-state index in [0.29, 0.717) is 0 Å². The largest absolute Gasteiger partial charge is 0.454 e. The maximum atomic E-state index is 7.04. The third kappa shape index (κ3) is 5.89. The van der Waals surface area contributed by atoms with Crippen molar-refractivity contribution in [2.24, 2.45) is 0 Å². The second kappa shape index (κ2) is 14.1. The van der Waals surface area contributed by atoms with Gasteiger partial charge in [0, 0.05) is 50.0 Å². The molecule has 0 radical (unpaired) electrons. The normalized spacial score (nSPS) is 13.6. The van der Waals surface area contributed by atoms with Gasteiger partial charge in [0.15, 0.2) is 5.58 Å². The molecule has 8 aromatic carbocycles. The van der Waals surface area contributed by atoms with Crippen LogP contribution in [0.1, 0.15) is 79.0 Å². The number of fused-ring (bicyclic) bond motifs is 12. The highest BCUT2D eigenvalue weighted by atomic mass is 16.3. The van der Waals surface area contributed by atoms with Crippen molar-refractivity contribution in [1.82, 2.24) is 4.57 Å². The molecule has 2 aliphatic rings. The van der Waals surface area contributed by atoms with Gasteiger partial charge >= 0.3 is 0 Å². The number of aromatic nitrogens is 1. The summed E-state index contributed by atoms with van der Waals surface area (Å²) in [7, 11) is 0. The third-order valence-electron chi connectivity index (χ3n) is 14.9. The second-order valence-electron chi connectivity index (χ2n) is 22.2. The summed E-state index contributed by atoms with van der Waals surface area (Å²) in [6.45, 7) is 20.6. The zero-order valence-corrected chi connectivity index (χ0v) is 40.3. The number of furan rings is 2. The molecule has 0 bridgehead atoms. The van der Waals surface area contributed by atoms with Gasteiger partial charge < -0.3 is 18.6 Å². The SMILES string of the molecule is CC(C)(C)c1ccc(N(c2ccc(C(C)(C)C)cc2)c2cc3c4c(c2)-n2c5oc6ccccc6c5c5cccc(c52)B4c2ccc(C(C)(C)C)cc2N3c2cccc3c2oc2ccccc23)cc1. The molecule has 11 aromatic rings. The molecule has 68 heavy (non-hydrogen) atoms. The van der Waals surface area contributed by atoms with Crippen molar-refractivity contribution in [2.45, 2.75) is 78.6 Å². The lowest BCUT2D eigenvalue weighted by Crippen LogP contribution is -2.60. The van der Waals surface area contributed by atoms with Crippen LogP contribution < -0.4 is 26.2 Å². The minimum atomic E-state index is -0.0958. The van der Waals surface area contributed by atoms with Gasteiger partial charge in [-0.3, -0.25) is 4.57 Å². The van der Waals surface area contributed by atoms with Gasteiger partial charge in [0.05, 0.1) is 22.3 Å². The van der Waals surface area contributed by atoms with E-state index in [1.54, 1.807) is 0 Å². The van der Waals surface area contributed by atoms with Crippen LogP contribution in [0.3, 0.4) is 0 Å². The van der Waals surface area contributed by atoms with Gasteiger partial charge in [-0.25, -0.2) is 0 Å². The van der Waals surface area contributed by atoms with E-state index in [-0.39, 0.29) is 23.0 Å². The van der Waals surface area contributed by atoms with E-state index in [0.717, 1.165) is 83.8 Å². The van der Waals surface area contributed by atoms with Crippen molar-refractivity contribution < 1.29 is 8.83 Å². The molecule has 5 nitrogen and oxygen atoms in total. The fourth-order valence-corrected chi connectivity index (χ4v) is 11.3. The molecular formula is C62H54BN3O2. The Morgan fingerprint density at radius 2 is 0.985 bits per heavy atom. The molecule has 0 saturated heterocycles. The van der Waals surface area contributed by atoms with Gasteiger partial charge in [-0.1, -0.05) is 165 Å². The van der Waals surface area contributed by atoms with Crippen LogP contribution in [0.5, 0.6) is 0 Å². The van der Waals surface area contributed by atoms with Gasteiger partial charge in [0.25, 0.3) is 6.71 Å². The Hall–Kier alpha value is -7.44. The molecule has 0 atom stereocenters. The molecule has 0 fully saturated rings. The molecule has 6 heteroatoms. The molecule has 0 spiro atoms. The second-order valence-corrected chi connectivity index (χ2v) is 22.2. The first-order chi connectivity index (χ1) is 32.6. The molecular weight excluding hydrogens is 830 g/mol. The average molecular weight is 884 g/mol. The summed E-state index contributed by atoms with van der Waals surface area (Å²) < 4.78 is 16.4. The monoisotopic (exact) mass is 883 g/mol. The number of hydrogen-bond donors (Lipinski definition) is 0. The lowest BCUT2D eigenvalue weighted by molar-refractivity contribution is 0.590. The van der Waals surface area contributed by atoms with Gasteiger partial charge in [-0.2, -0.15) is 0 Å². The van der Waals surface area contributed by atoms with Gasteiger partial charge in [-0.05, 0) is 110 Å². The Kier molecular flexibility index (Phi) is 8.43. The first-order valence-corrected chi connectivity index (χ1v) is 24.1. The summed E-state index contributed by atoms with van der Waals surface area (Å²) in [5.74, 6) is 0. The lowest BCUT2D eigenvalue weighted by atomic mass is 9.33. The van der Waals surface area contributed by atoms with E-state index < -0.39 is 0 Å². The standard InChI is InChI=1S/C62H54BN3O2/c1-60(2,3)37-24-29-40(30-25-37)64(41-31-26-38(27-32-41)61(4,5)6)42-35-51-56-52(36-42)66-57-46(55-45-17-11-13-23-54(45)68-59(55)66)19-14-20-48(57)63(56)47-33-28-39(62(7,8)9)34-50(47)65(51)49-21-15-18-44-43-16-10-12-22-53(43)67-58(44)49/h10-36H,1-9H3. The van der Waals surface area contributed by atoms with E-state index in [1.165, 1.54) is 44.0 Å². The Bertz CT molecular complexity index is 3810. The van der Waals surface area contributed by atoms with Crippen LogP contribution in [-0.4, -0.2) is 11.3 Å². The van der Waals surface area contributed by atoms with Crippen LogP contribution in [0.2, 0.25) is 0 Å². The molecule has 0 saturated carbocycles. The fourth-order valence-electron chi connectivity index (χ4n) is 11.3. The Balaban J connectivity index is 1.19. The summed E-state index contributed by atoms with van der Waals surface area (Å²) in [4.78, 5) is 4.96. The molecule has 332 valence electrons. The van der Waals surface area contributed by atoms with E-state index in [2.05, 4.69) is 240 Å². The van der Waals surface area contributed by atoms with E-state index >= 15 is 0 Å². The number of hydrogen-bond acceptors (Lipinski definition) is 4. The van der Waals surface area contributed by atoms with Crippen LogP contribution >= 0.6 is 0 Å². The van der Waals surface area contributed by atoms with Crippen molar-refractivity contribution in [1.29, 1.82) is 0 Å². The topological polar surface area (TPSA) is 37.7 Å². The Labute approximate surface area is 398 Å². The van der Waals surface area contributed by atoms with Crippen molar-refractivity contribution in [3.63, 3.8) is 0 Å². The quantitative estimate of drug-likeness (QED) is 0.165. The minimum Gasteiger partial charge on any atom is -0.454 e. The number of anilines is 6. The van der Waals surface area contributed by atoms with E-state index in [1.807, 2.05) is 0 Å². The van der Waals surface area contributed by atoms with Crippen molar-refractivity contribution in [3.05, 3.63) is 180 Å². The lowest BCUT2D eigenvalue weighted by Gasteiger charge is -2.41. The highest BCUT2D eigenvalue weighted by molar-refractivity contribution is 7.00. The predicted octanol–water partition coefficient (Wildman–Crippen LogP) is 15.4. The van der Waals surface area contributed by atoms with Crippen molar-refractivity contribution >= 4 is 112 Å². The molecule has 0 unspecified atom stereocenters. The molecule has 3 aromatic heterocycles. The molecule has 0 N–H and O–H groups in total. The van der Waals surface area contributed by atoms with Gasteiger partial charge in [0.1, 0.15) is 11.2 Å². The maximum Gasteiger partial charge on any atom is 0.252 e. The molecule has 2 aliphatic heterocycles. The highest BCUT2D eigenvalue weighted by Gasteiger charge is 2.44. The summed E-state index contributed by atoms with van der Waals surface area (Å²) in [6.07, 6.45) is 0. The zero-order valence-electron chi connectivity index (χ0n) is 40.3. The maximum absolute atomic E-state index is 7.04. The molecule has 5 heterocycles. The van der Waals surface area contributed by atoms with Crippen molar-refractivity contribution in [2.75, 3.05) is 9.80 Å². The first-order valence-electron chi connectivity index (χ1n) is 24.1. The smallest absolute Gasteiger partial charge is 0.252 e. The van der Waals surface area contributed by atoms with Crippen molar-refractivity contribution in [3.8, 4) is 5.69 Å². The molecule has 13 rings (SSSR count). The minimum absolute atomic E-state index is 0.00529. The van der Waals surface area contributed by atoms with Crippen LogP contribution in [0.25, 0.3) is 60.6 Å². The highest BCUT2D eigenvalue weighted by Crippen LogP contribution is 2.49. The Morgan fingerprint density at radius 3 is 1.65 bits per heavy atom. The number of nitrogens with zero attached hydrogens (tertiary/aromatic N) is 3. The Morgan fingerprint density at radius 1 is 0.426 bits per heavy atom. The van der Waals surface area contributed by atoms with Crippen LogP contribution in [0.15, 0.2) is 173 Å². The van der Waals surface area contributed by atoms with Crippen LogP contribution in [0, 0.1) is 0 Å².